The number of ether oxygens (including phenoxy) is 1. The first-order valence-electron chi connectivity index (χ1n) is 10.2. The van der Waals surface area contributed by atoms with Crippen LogP contribution in [0.3, 0.4) is 0 Å². The Morgan fingerprint density at radius 1 is 1.22 bits per heavy atom. The van der Waals surface area contributed by atoms with Gasteiger partial charge in [-0.25, -0.2) is 9.79 Å². The number of hydrogen-bond donors (Lipinski definition) is 0. The fourth-order valence-corrected chi connectivity index (χ4v) is 5.98. The van der Waals surface area contributed by atoms with Crippen molar-refractivity contribution in [2.45, 2.75) is 44.7 Å². The zero-order valence-corrected chi connectivity index (χ0v) is 21.0. The quantitative estimate of drug-likeness (QED) is 0.401. The van der Waals surface area contributed by atoms with Gasteiger partial charge in [0, 0.05) is 9.77 Å². The first-order valence-corrected chi connectivity index (χ1v) is 13.1. The van der Waals surface area contributed by atoms with Crippen molar-refractivity contribution in [3.05, 3.63) is 82.7 Å². The van der Waals surface area contributed by atoms with Crippen molar-refractivity contribution >= 4 is 46.5 Å². The Balaban J connectivity index is 1.95. The molecule has 3 heterocycles. The summed E-state index contributed by atoms with van der Waals surface area (Å²) in [6.45, 7) is 7.46. The van der Waals surface area contributed by atoms with Crippen molar-refractivity contribution in [2.75, 3.05) is 6.26 Å². The van der Waals surface area contributed by atoms with Crippen LogP contribution in [-0.4, -0.2) is 22.9 Å². The lowest BCUT2D eigenvalue weighted by Gasteiger charge is -2.25. The predicted molar refractivity (Wildman–Crippen MR) is 132 cm³/mol. The van der Waals surface area contributed by atoms with Crippen molar-refractivity contribution in [3.8, 4) is 0 Å². The summed E-state index contributed by atoms with van der Waals surface area (Å²) < 4.78 is 7.78. The molecule has 4 rings (SSSR count). The summed E-state index contributed by atoms with van der Waals surface area (Å²) in [5.41, 5.74) is 2.81. The second kappa shape index (κ2) is 9.21. The molecule has 0 fully saturated rings. The van der Waals surface area contributed by atoms with E-state index in [9.17, 15) is 9.59 Å². The van der Waals surface area contributed by atoms with E-state index in [-0.39, 0.29) is 11.7 Å². The fourth-order valence-electron chi connectivity index (χ4n) is 3.61. The van der Waals surface area contributed by atoms with Crippen molar-refractivity contribution in [1.82, 2.24) is 4.57 Å². The van der Waals surface area contributed by atoms with Crippen LogP contribution in [0.2, 0.25) is 0 Å². The number of allylic oxidation sites excluding steroid dienone is 1. The molecule has 2 aromatic heterocycles. The lowest BCUT2D eigenvalue weighted by molar-refractivity contribution is -0.143. The summed E-state index contributed by atoms with van der Waals surface area (Å²) >= 11 is 4.59. The number of fused-ring (bicyclic) bond motifs is 1. The minimum absolute atomic E-state index is 0.150. The van der Waals surface area contributed by atoms with E-state index in [1.807, 2.05) is 68.8 Å². The summed E-state index contributed by atoms with van der Waals surface area (Å²) in [5.74, 6) is -0.441. The predicted octanol–water partition coefficient (Wildman–Crippen LogP) is 4.28. The summed E-state index contributed by atoms with van der Waals surface area (Å²) in [6, 6.07) is 9.40. The second-order valence-electron chi connectivity index (χ2n) is 7.78. The Bertz CT molecular complexity index is 1370. The maximum absolute atomic E-state index is 13.6. The highest BCUT2D eigenvalue weighted by atomic mass is 32.2. The number of carbonyl (C=O) groups excluding carboxylic acids is 1. The highest BCUT2D eigenvalue weighted by Gasteiger charge is 2.33. The van der Waals surface area contributed by atoms with Gasteiger partial charge in [0.05, 0.1) is 27.9 Å². The van der Waals surface area contributed by atoms with Crippen LogP contribution in [-0.2, 0) is 9.53 Å². The minimum atomic E-state index is -0.583. The number of esters is 1. The summed E-state index contributed by atoms with van der Waals surface area (Å²) in [6.07, 6.45) is 3.66. The maximum Gasteiger partial charge on any atom is 0.338 e. The maximum atomic E-state index is 13.6. The number of aryl methyl sites for hydroxylation is 1. The SMILES string of the molecule is CSc1ccc([C@H]2C(C(=O)OC(C)C)=C(C)N=c3s/c(=C\c4sccc4C)c(=O)n32)cc1. The van der Waals surface area contributed by atoms with E-state index >= 15 is 0 Å². The highest BCUT2D eigenvalue weighted by molar-refractivity contribution is 7.98. The van der Waals surface area contributed by atoms with Crippen LogP contribution >= 0.6 is 34.4 Å². The fraction of sp³-hybridized carbons (Fsp3) is 0.292. The molecule has 0 spiro atoms. The normalized spacial score (nSPS) is 16.3. The van der Waals surface area contributed by atoms with E-state index in [0.29, 0.717) is 20.6 Å². The Morgan fingerprint density at radius 2 is 1.94 bits per heavy atom. The molecule has 5 nitrogen and oxygen atoms in total. The van der Waals surface area contributed by atoms with E-state index in [2.05, 4.69) is 4.99 Å². The summed E-state index contributed by atoms with van der Waals surface area (Å²) in [4.78, 5) is 34.0. The molecule has 0 saturated heterocycles. The average Bonchev–Trinajstić information content (AvgIpc) is 3.29. The highest BCUT2D eigenvalue weighted by Crippen LogP contribution is 2.32. The van der Waals surface area contributed by atoms with Crippen LogP contribution in [0, 0.1) is 6.92 Å². The monoisotopic (exact) mass is 484 g/mol. The molecule has 1 aromatic carbocycles. The van der Waals surface area contributed by atoms with E-state index in [0.717, 1.165) is 20.9 Å². The third kappa shape index (κ3) is 4.27. The smallest absolute Gasteiger partial charge is 0.338 e. The number of rotatable bonds is 5. The van der Waals surface area contributed by atoms with Gasteiger partial charge in [-0.3, -0.25) is 9.36 Å². The number of thiophene rings is 1. The molecule has 0 unspecified atom stereocenters. The molecule has 0 aliphatic carbocycles. The van der Waals surface area contributed by atoms with Crippen LogP contribution in [0.1, 0.15) is 42.8 Å². The molecule has 0 saturated carbocycles. The van der Waals surface area contributed by atoms with Crippen LogP contribution in [0.4, 0.5) is 0 Å². The molecule has 1 aliphatic rings. The number of benzene rings is 1. The molecular weight excluding hydrogens is 460 g/mol. The van der Waals surface area contributed by atoms with Crippen molar-refractivity contribution in [2.24, 2.45) is 4.99 Å². The van der Waals surface area contributed by atoms with E-state index in [1.54, 1.807) is 34.6 Å². The average molecular weight is 485 g/mol. The third-order valence-corrected chi connectivity index (χ3v) is 7.87. The Hall–Kier alpha value is -2.42. The Labute approximate surface area is 198 Å². The summed E-state index contributed by atoms with van der Waals surface area (Å²) in [7, 11) is 0. The minimum Gasteiger partial charge on any atom is -0.459 e. The molecule has 0 radical (unpaired) electrons. The standard InChI is InChI=1S/C24H24N2O3S3/c1-13(2)29-23(28)20-15(4)25-24-26(21(20)16-6-8-17(30-5)9-7-16)22(27)19(32-24)12-18-14(3)10-11-31-18/h6-13,21H,1-5H3/b19-12-/t21-/m0/s1. The van der Waals surface area contributed by atoms with Crippen LogP contribution < -0.4 is 14.9 Å². The van der Waals surface area contributed by atoms with Crippen LogP contribution in [0.25, 0.3) is 6.08 Å². The van der Waals surface area contributed by atoms with Gasteiger partial charge in [0.1, 0.15) is 0 Å². The molecule has 166 valence electrons. The molecular formula is C24H24N2O3S3. The second-order valence-corrected chi connectivity index (χ2v) is 10.6. The zero-order valence-electron chi connectivity index (χ0n) is 18.5. The van der Waals surface area contributed by atoms with E-state index in [1.165, 1.54) is 11.3 Å². The number of nitrogens with zero attached hydrogens (tertiary/aromatic N) is 2. The number of thioether (sulfide) groups is 1. The van der Waals surface area contributed by atoms with Gasteiger partial charge in [0.25, 0.3) is 5.56 Å². The lowest BCUT2D eigenvalue weighted by Crippen LogP contribution is -2.40. The lowest BCUT2D eigenvalue weighted by atomic mass is 9.96. The van der Waals surface area contributed by atoms with Gasteiger partial charge in [-0.05, 0) is 74.7 Å². The summed E-state index contributed by atoms with van der Waals surface area (Å²) in [5, 5.41) is 2.01. The molecule has 3 aromatic rings. The van der Waals surface area contributed by atoms with Gasteiger partial charge in [0.15, 0.2) is 4.80 Å². The third-order valence-electron chi connectivity index (χ3n) is 5.18. The molecule has 1 aliphatic heterocycles. The van der Waals surface area contributed by atoms with Gasteiger partial charge in [-0.1, -0.05) is 23.5 Å². The number of aromatic nitrogens is 1. The molecule has 0 N–H and O–H groups in total. The zero-order chi connectivity index (χ0) is 23.0. The molecule has 32 heavy (non-hydrogen) atoms. The van der Waals surface area contributed by atoms with Gasteiger partial charge in [-0.2, -0.15) is 0 Å². The molecule has 1 atom stereocenters. The number of carbonyl (C=O) groups is 1. The Morgan fingerprint density at radius 3 is 2.53 bits per heavy atom. The van der Waals surface area contributed by atoms with E-state index in [4.69, 9.17) is 4.74 Å². The van der Waals surface area contributed by atoms with E-state index < -0.39 is 12.0 Å². The molecule has 0 amide bonds. The van der Waals surface area contributed by atoms with Gasteiger partial charge in [-0.15, -0.1) is 23.1 Å². The molecule has 0 bridgehead atoms. The van der Waals surface area contributed by atoms with Crippen molar-refractivity contribution < 1.29 is 9.53 Å². The number of thiazole rings is 1. The van der Waals surface area contributed by atoms with Crippen LogP contribution in [0.5, 0.6) is 0 Å². The first-order chi connectivity index (χ1) is 15.3. The number of hydrogen-bond acceptors (Lipinski definition) is 7. The van der Waals surface area contributed by atoms with Crippen LogP contribution in [0.15, 0.2) is 61.7 Å². The first kappa shape index (κ1) is 22.8. The largest absolute Gasteiger partial charge is 0.459 e. The Kier molecular flexibility index (Phi) is 6.55. The van der Waals surface area contributed by atoms with Gasteiger partial charge < -0.3 is 4.74 Å². The molecule has 8 heteroatoms. The van der Waals surface area contributed by atoms with Gasteiger partial charge in [0.2, 0.25) is 0 Å². The van der Waals surface area contributed by atoms with Gasteiger partial charge >= 0.3 is 5.97 Å². The van der Waals surface area contributed by atoms with Crippen molar-refractivity contribution in [3.63, 3.8) is 0 Å². The topological polar surface area (TPSA) is 60.7 Å². The van der Waals surface area contributed by atoms with Crippen molar-refractivity contribution in [1.29, 1.82) is 0 Å².